The number of methoxy groups -OCH3 is 1. The molecule has 0 spiro atoms. The van der Waals surface area contributed by atoms with E-state index in [0.717, 1.165) is 28.3 Å². The number of rotatable bonds is 4. The van der Waals surface area contributed by atoms with Gasteiger partial charge in [0.15, 0.2) is 0 Å². The lowest BCUT2D eigenvalue weighted by atomic mass is 10.0. The van der Waals surface area contributed by atoms with Crippen molar-refractivity contribution in [2.24, 2.45) is 0 Å². The summed E-state index contributed by atoms with van der Waals surface area (Å²) in [4.78, 5) is 20.9. The first-order valence-electron chi connectivity index (χ1n) is 9.25. The lowest BCUT2D eigenvalue weighted by Crippen LogP contribution is -2.03. The number of carbonyl (C=O) groups is 1. The van der Waals surface area contributed by atoms with E-state index in [2.05, 4.69) is 15.1 Å². The Labute approximate surface area is 178 Å². The van der Waals surface area contributed by atoms with E-state index in [0.29, 0.717) is 28.0 Å². The average molecular weight is 423 g/mol. The van der Waals surface area contributed by atoms with Crippen LogP contribution in [0.3, 0.4) is 0 Å². The maximum atomic E-state index is 11.8. The van der Waals surface area contributed by atoms with Crippen LogP contribution in [0.4, 0.5) is 0 Å². The number of imidazole rings is 1. The summed E-state index contributed by atoms with van der Waals surface area (Å²) in [7, 11) is 1.35. The summed E-state index contributed by atoms with van der Waals surface area (Å²) in [6.07, 6.45) is 0. The van der Waals surface area contributed by atoms with Crippen LogP contribution in [0, 0.1) is 20.8 Å². The zero-order chi connectivity index (χ0) is 21.4. The minimum absolute atomic E-state index is 0.311. The molecule has 0 saturated carbocycles. The molecule has 152 valence electrons. The van der Waals surface area contributed by atoms with Crippen LogP contribution >= 0.6 is 11.6 Å². The van der Waals surface area contributed by atoms with Gasteiger partial charge < -0.3 is 9.26 Å². The molecule has 0 bridgehead atoms. The van der Waals surface area contributed by atoms with Crippen molar-refractivity contribution in [2.45, 2.75) is 20.8 Å². The molecule has 2 heterocycles. The van der Waals surface area contributed by atoms with Gasteiger partial charge >= 0.3 is 5.97 Å². The zero-order valence-corrected chi connectivity index (χ0v) is 17.7. The van der Waals surface area contributed by atoms with E-state index in [1.54, 1.807) is 12.1 Å². The van der Waals surface area contributed by atoms with Crippen molar-refractivity contribution < 1.29 is 14.1 Å². The minimum atomic E-state index is -0.385. The van der Waals surface area contributed by atoms with Crippen LogP contribution in [0.2, 0.25) is 5.02 Å². The summed E-state index contributed by atoms with van der Waals surface area (Å²) >= 11 is 6.37. The van der Waals surface area contributed by atoms with Crippen molar-refractivity contribution in [1.29, 1.82) is 0 Å². The smallest absolute Gasteiger partial charge is 0.338 e. The fraction of sp³-hybridized carbons (Fsp3) is 0.182. The van der Waals surface area contributed by atoms with Gasteiger partial charge in [0.05, 0.1) is 29.1 Å². The summed E-state index contributed by atoms with van der Waals surface area (Å²) in [5.74, 6) is 1.10. The normalized spacial score (nSPS) is 11.0. The first-order valence-corrected chi connectivity index (χ1v) is 9.62. The molecule has 4 aromatic rings. The predicted molar refractivity (Wildman–Crippen MR) is 113 cm³/mol. The molecule has 2 aromatic heterocycles. The van der Waals surface area contributed by atoms with Gasteiger partial charge in [0.25, 0.3) is 5.89 Å². The lowest BCUT2D eigenvalue weighted by molar-refractivity contribution is 0.0600. The van der Waals surface area contributed by atoms with E-state index in [9.17, 15) is 4.79 Å². The standard InChI is InChI=1S/C22H19ClN4O3/c1-12-11-15(9-10-16(12)22(28)29-4)20-25-21(30-26-20)19-13(2)27(14(3)24-19)18-8-6-5-7-17(18)23/h5-11H,1-4H3. The second-order valence-electron chi connectivity index (χ2n) is 6.82. The SMILES string of the molecule is COC(=O)c1ccc(-c2noc(-c3nc(C)n(-c4ccccc4Cl)c3C)n2)cc1C. The Morgan fingerprint density at radius 1 is 1.10 bits per heavy atom. The van der Waals surface area contributed by atoms with Crippen LogP contribution in [0.1, 0.15) is 27.4 Å². The third-order valence-electron chi connectivity index (χ3n) is 4.89. The van der Waals surface area contributed by atoms with Crippen LogP contribution in [0.15, 0.2) is 47.0 Å². The van der Waals surface area contributed by atoms with E-state index < -0.39 is 0 Å². The van der Waals surface area contributed by atoms with Crippen LogP contribution in [0.5, 0.6) is 0 Å². The second kappa shape index (κ2) is 7.76. The number of para-hydroxylation sites is 1. The van der Waals surface area contributed by atoms with Crippen LogP contribution in [-0.2, 0) is 4.74 Å². The average Bonchev–Trinajstić information content (AvgIpc) is 3.33. The number of benzene rings is 2. The molecular formula is C22H19ClN4O3. The van der Waals surface area contributed by atoms with Crippen LogP contribution in [0.25, 0.3) is 28.7 Å². The highest BCUT2D eigenvalue weighted by Crippen LogP contribution is 2.30. The molecule has 0 aliphatic rings. The van der Waals surface area contributed by atoms with Crippen molar-refractivity contribution >= 4 is 17.6 Å². The maximum Gasteiger partial charge on any atom is 0.338 e. The zero-order valence-electron chi connectivity index (χ0n) is 16.9. The number of hydrogen-bond acceptors (Lipinski definition) is 6. The Kier molecular flexibility index (Phi) is 5.13. The molecule has 0 saturated heterocycles. The number of aromatic nitrogens is 4. The number of ether oxygens (including phenoxy) is 1. The van der Waals surface area contributed by atoms with Gasteiger partial charge in [-0.3, -0.25) is 4.57 Å². The molecule has 0 amide bonds. The van der Waals surface area contributed by atoms with Gasteiger partial charge in [-0.25, -0.2) is 9.78 Å². The maximum absolute atomic E-state index is 11.8. The second-order valence-corrected chi connectivity index (χ2v) is 7.23. The van der Waals surface area contributed by atoms with Crippen molar-refractivity contribution in [2.75, 3.05) is 7.11 Å². The number of hydrogen-bond donors (Lipinski definition) is 0. The Hall–Kier alpha value is -3.45. The molecule has 0 fully saturated rings. The van der Waals surface area contributed by atoms with Gasteiger partial charge in [0, 0.05) is 5.56 Å². The fourth-order valence-electron chi connectivity index (χ4n) is 3.41. The van der Waals surface area contributed by atoms with Gasteiger partial charge in [-0.05, 0) is 50.6 Å². The molecule has 0 aliphatic heterocycles. The van der Waals surface area contributed by atoms with Crippen LogP contribution < -0.4 is 0 Å². The third-order valence-corrected chi connectivity index (χ3v) is 5.21. The van der Waals surface area contributed by atoms with Gasteiger partial charge in [0.2, 0.25) is 5.82 Å². The van der Waals surface area contributed by atoms with E-state index in [-0.39, 0.29) is 5.97 Å². The number of carbonyl (C=O) groups excluding carboxylic acids is 1. The summed E-state index contributed by atoms with van der Waals surface area (Å²) in [6.45, 7) is 5.65. The highest BCUT2D eigenvalue weighted by Gasteiger charge is 2.21. The Morgan fingerprint density at radius 2 is 1.87 bits per heavy atom. The van der Waals surface area contributed by atoms with Crippen molar-refractivity contribution in [3.63, 3.8) is 0 Å². The first-order chi connectivity index (χ1) is 14.4. The van der Waals surface area contributed by atoms with E-state index in [1.165, 1.54) is 7.11 Å². The Balaban J connectivity index is 1.72. The molecular weight excluding hydrogens is 404 g/mol. The summed E-state index contributed by atoms with van der Waals surface area (Å²) < 4.78 is 12.2. The molecule has 0 aliphatic carbocycles. The lowest BCUT2D eigenvalue weighted by Gasteiger charge is -2.09. The quantitative estimate of drug-likeness (QED) is 0.432. The van der Waals surface area contributed by atoms with Crippen molar-refractivity contribution in [1.82, 2.24) is 19.7 Å². The molecule has 7 nitrogen and oxygen atoms in total. The van der Waals surface area contributed by atoms with Gasteiger partial charge in [-0.15, -0.1) is 0 Å². The number of aryl methyl sites for hydroxylation is 2. The monoisotopic (exact) mass is 422 g/mol. The summed E-state index contributed by atoms with van der Waals surface area (Å²) in [5.41, 5.74) is 4.26. The molecule has 0 N–H and O–H groups in total. The topological polar surface area (TPSA) is 83.0 Å². The van der Waals surface area contributed by atoms with Gasteiger partial charge in [0.1, 0.15) is 11.5 Å². The summed E-state index contributed by atoms with van der Waals surface area (Å²) in [5, 5.41) is 4.72. The Morgan fingerprint density at radius 3 is 2.57 bits per heavy atom. The molecule has 0 unspecified atom stereocenters. The van der Waals surface area contributed by atoms with Gasteiger partial charge in [-0.1, -0.05) is 35.0 Å². The minimum Gasteiger partial charge on any atom is -0.465 e. The molecule has 30 heavy (non-hydrogen) atoms. The van der Waals surface area contributed by atoms with Crippen LogP contribution in [-0.4, -0.2) is 32.8 Å². The number of esters is 1. The molecule has 0 radical (unpaired) electrons. The molecule has 0 atom stereocenters. The molecule has 8 heteroatoms. The fourth-order valence-corrected chi connectivity index (χ4v) is 3.63. The van der Waals surface area contributed by atoms with Crippen molar-refractivity contribution in [3.05, 3.63) is 70.1 Å². The van der Waals surface area contributed by atoms with Crippen molar-refractivity contribution in [3.8, 4) is 28.7 Å². The first kappa shape index (κ1) is 19.8. The summed E-state index contributed by atoms with van der Waals surface area (Å²) in [6, 6.07) is 12.8. The largest absolute Gasteiger partial charge is 0.465 e. The molecule has 4 rings (SSSR count). The Bertz CT molecular complexity index is 1260. The van der Waals surface area contributed by atoms with E-state index in [4.69, 9.17) is 20.9 Å². The number of halogens is 1. The van der Waals surface area contributed by atoms with Gasteiger partial charge in [-0.2, -0.15) is 4.98 Å². The molecule has 2 aromatic carbocycles. The third kappa shape index (κ3) is 3.37. The van der Waals surface area contributed by atoms with E-state index in [1.807, 2.05) is 55.7 Å². The predicted octanol–water partition coefficient (Wildman–Crippen LogP) is 4.95. The highest BCUT2D eigenvalue weighted by molar-refractivity contribution is 6.32. The van der Waals surface area contributed by atoms with E-state index >= 15 is 0 Å². The number of nitrogens with zero attached hydrogens (tertiary/aromatic N) is 4. The highest BCUT2D eigenvalue weighted by atomic mass is 35.5.